The number of rotatable bonds is 1. The SMILES string of the molecule is N[C@@H]1CCCC[C@@H]1S(N)(=O)=O. The van der Waals surface area contributed by atoms with Crippen molar-refractivity contribution in [2.24, 2.45) is 10.9 Å². The van der Waals surface area contributed by atoms with Crippen molar-refractivity contribution in [3.63, 3.8) is 0 Å². The fraction of sp³-hybridized carbons (Fsp3) is 1.00. The van der Waals surface area contributed by atoms with E-state index in [9.17, 15) is 8.42 Å². The van der Waals surface area contributed by atoms with Crippen LogP contribution in [0.4, 0.5) is 0 Å². The Bertz CT molecular complexity index is 225. The summed E-state index contributed by atoms with van der Waals surface area (Å²) in [7, 11) is -3.40. The van der Waals surface area contributed by atoms with Crippen LogP contribution < -0.4 is 10.9 Å². The van der Waals surface area contributed by atoms with Gasteiger partial charge in [-0.15, -0.1) is 0 Å². The minimum absolute atomic E-state index is 0.251. The second kappa shape index (κ2) is 3.08. The van der Waals surface area contributed by atoms with Crippen LogP contribution in [0, 0.1) is 0 Å². The molecule has 0 amide bonds. The van der Waals surface area contributed by atoms with E-state index in [1.54, 1.807) is 0 Å². The molecule has 1 rings (SSSR count). The molecule has 0 aromatic carbocycles. The van der Waals surface area contributed by atoms with Gasteiger partial charge in [-0.1, -0.05) is 12.8 Å². The fourth-order valence-electron chi connectivity index (χ4n) is 1.53. The predicted octanol–water partition coefficient (Wildman–Crippen LogP) is -0.455. The van der Waals surface area contributed by atoms with E-state index in [1.807, 2.05) is 0 Å². The van der Waals surface area contributed by atoms with Crippen LogP contribution >= 0.6 is 0 Å². The van der Waals surface area contributed by atoms with E-state index in [0.29, 0.717) is 6.42 Å². The summed E-state index contributed by atoms with van der Waals surface area (Å²) in [5, 5.41) is 4.49. The Morgan fingerprint density at radius 2 is 1.73 bits per heavy atom. The monoisotopic (exact) mass is 178 g/mol. The Morgan fingerprint density at radius 1 is 1.18 bits per heavy atom. The maximum Gasteiger partial charge on any atom is 0.213 e. The summed E-state index contributed by atoms with van der Waals surface area (Å²) in [5.74, 6) is 0. The normalized spacial score (nSPS) is 33.6. The first kappa shape index (κ1) is 8.96. The summed E-state index contributed by atoms with van der Waals surface area (Å²) < 4.78 is 21.8. The van der Waals surface area contributed by atoms with E-state index in [0.717, 1.165) is 19.3 Å². The summed E-state index contributed by atoms with van der Waals surface area (Å²) >= 11 is 0. The Morgan fingerprint density at radius 3 is 2.09 bits per heavy atom. The van der Waals surface area contributed by atoms with Gasteiger partial charge in [0.15, 0.2) is 0 Å². The molecule has 0 aliphatic heterocycles. The lowest BCUT2D eigenvalue weighted by molar-refractivity contribution is 0.432. The smallest absolute Gasteiger partial charge is 0.213 e. The molecule has 11 heavy (non-hydrogen) atoms. The molecular formula is C6H14N2O2S. The van der Waals surface area contributed by atoms with Gasteiger partial charge in [0.25, 0.3) is 0 Å². The maximum absolute atomic E-state index is 10.9. The van der Waals surface area contributed by atoms with E-state index >= 15 is 0 Å². The number of sulfonamides is 1. The molecule has 66 valence electrons. The van der Waals surface area contributed by atoms with Crippen molar-refractivity contribution in [3.8, 4) is 0 Å². The molecule has 1 aliphatic rings. The number of hydrogen-bond donors (Lipinski definition) is 2. The van der Waals surface area contributed by atoms with Gasteiger partial charge in [0.2, 0.25) is 10.0 Å². The Labute approximate surface area is 67.0 Å². The molecule has 1 saturated carbocycles. The van der Waals surface area contributed by atoms with Crippen molar-refractivity contribution < 1.29 is 8.42 Å². The lowest BCUT2D eigenvalue weighted by Crippen LogP contribution is -2.45. The van der Waals surface area contributed by atoms with Crippen LogP contribution in [0.15, 0.2) is 0 Å². The van der Waals surface area contributed by atoms with E-state index < -0.39 is 15.3 Å². The molecule has 1 aliphatic carbocycles. The van der Waals surface area contributed by atoms with Crippen molar-refractivity contribution in [2.45, 2.75) is 37.0 Å². The first-order valence-electron chi connectivity index (χ1n) is 3.79. The van der Waals surface area contributed by atoms with Crippen molar-refractivity contribution in [3.05, 3.63) is 0 Å². The summed E-state index contributed by atoms with van der Waals surface area (Å²) in [6.07, 6.45) is 3.35. The molecule has 5 heteroatoms. The second-order valence-corrected chi connectivity index (χ2v) is 4.86. The molecular weight excluding hydrogens is 164 g/mol. The van der Waals surface area contributed by atoms with Crippen molar-refractivity contribution >= 4 is 10.0 Å². The lowest BCUT2D eigenvalue weighted by Gasteiger charge is -2.26. The average Bonchev–Trinajstić information content (AvgIpc) is 1.86. The van der Waals surface area contributed by atoms with Gasteiger partial charge in [-0.05, 0) is 12.8 Å². The van der Waals surface area contributed by atoms with Crippen LogP contribution in [0.1, 0.15) is 25.7 Å². The van der Waals surface area contributed by atoms with Crippen LogP contribution in [-0.2, 0) is 10.0 Å². The van der Waals surface area contributed by atoms with Crippen molar-refractivity contribution in [1.29, 1.82) is 0 Å². The van der Waals surface area contributed by atoms with Crippen LogP contribution in [0.2, 0.25) is 0 Å². The Hall–Kier alpha value is -0.130. The van der Waals surface area contributed by atoms with Crippen LogP contribution in [-0.4, -0.2) is 19.7 Å². The van der Waals surface area contributed by atoms with Gasteiger partial charge in [-0.3, -0.25) is 0 Å². The van der Waals surface area contributed by atoms with E-state index in [2.05, 4.69) is 0 Å². The van der Waals surface area contributed by atoms with Crippen molar-refractivity contribution in [2.75, 3.05) is 0 Å². The van der Waals surface area contributed by atoms with Gasteiger partial charge < -0.3 is 5.73 Å². The van der Waals surface area contributed by atoms with Crippen LogP contribution in [0.5, 0.6) is 0 Å². The molecule has 0 unspecified atom stereocenters. The average molecular weight is 178 g/mol. The molecule has 0 aromatic heterocycles. The minimum atomic E-state index is -3.40. The zero-order valence-electron chi connectivity index (χ0n) is 6.36. The molecule has 1 fully saturated rings. The molecule has 0 saturated heterocycles. The topological polar surface area (TPSA) is 86.2 Å². The van der Waals surface area contributed by atoms with Gasteiger partial charge in [-0.25, -0.2) is 13.6 Å². The van der Waals surface area contributed by atoms with Gasteiger partial charge >= 0.3 is 0 Å². The lowest BCUT2D eigenvalue weighted by atomic mass is 9.96. The largest absolute Gasteiger partial charge is 0.326 e. The molecule has 4 nitrogen and oxygen atoms in total. The van der Waals surface area contributed by atoms with Gasteiger partial charge in [0, 0.05) is 6.04 Å². The third-order valence-corrected chi connectivity index (χ3v) is 3.60. The highest BCUT2D eigenvalue weighted by molar-refractivity contribution is 7.89. The first-order valence-corrected chi connectivity index (χ1v) is 5.40. The highest BCUT2D eigenvalue weighted by Gasteiger charge is 2.30. The molecule has 0 radical (unpaired) electrons. The highest BCUT2D eigenvalue weighted by atomic mass is 32.2. The third kappa shape index (κ3) is 2.15. The fourth-order valence-corrected chi connectivity index (χ4v) is 2.65. The maximum atomic E-state index is 10.9. The number of hydrogen-bond acceptors (Lipinski definition) is 3. The van der Waals surface area contributed by atoms with Crippen LogP contribution in [0.25, 0.3) is 0 Å². The van der Waals surface area contributed by atoms with E-state index in [4.69, 9.17) is 10.9 Å². The Balaban J connectivity index is 2.70. The molecule has 4 N–H and O–H groups in total. The van der Waals surface area contributed by atoms with Gasteiger partial charge in [-0.2, -0.15) is 0 Å². The summed E-state index contributed by atoms with van der Waals surface area (Å²) in [6, 6.07) is -0.251. The molecule has 2 atom stereocenters. The molecule has 0 spiro atoms. The van der Waals surface area contributed by atoms with Gasteiger partial charge in [0.1, 0.15) is 0 Å². The van der Waals surface area contributed by atoms with Crippen LogP contribution in [0.3, 0.4) is 0 Å². The van der Waals surface area contributed by atoms with E-state index in [-0.39, 0.29) is 6.04 Å². The number of nitrogens with two attached hydrogens (primary N) is 2. The second-order valence-electron chi connectivity index (χ2n) is 3.08. The summed E-state index contributed by atoms with van der Waals surface area (Å²) in [4.78, 5) is 0. The quantitative estimate of drug-likeness (QED) is 0.570. The molecule has 0 heterocycles. The minimum Gasteiger partial charge on any atom is -0.326 e. The van der Waals surface area contributed by atoms with Gasteiger partial charge in [0.05, 0.1) is 5.25 Å². The molecule has 0 bridgehead atoms. The standard InChI is InChI=1S/C6H14N2O2S/c7-5-3-1-2-4-6(5)11(8,9)10/h5-6H,1-4,7H2,(H2,8,9,10)/t5-,6+/m1/s1. The van der Waals surface area contributed by atoms with Crippen molar-refractivity contribution in [1.82, 2.24) is 0 Å². The zero-order chi connectivity index (χ0) is 8.48. The molecule has 0 aromatic rings. The summed E-state index contributed by atoms with van der Waals surface area (Å²) in [6.45, 7) is 0. The summed E-state index contributed by atoms with van der Waals surface area (Å²) in [5.41, 5.74) is 5.61. The number of primary sulfonamides is 1. The van der Waals surface area contributed by atoms with E-state index in [1.165, 1.54) is 0 Å². The predicted molar refractivity (Wildman–Crippen MR) is 43.3 cm³/mol. The highest BCUT2D eigenvalue weighted by Crippen LogP contribution is 2.21. The zero-order valence-corrected chi connectivity index (χ0v) is 7.18. The first-order chi connectivity index (χ1) is 5.02. The third-order valence-electron chi connectivity index (χ3n) is 2.18. The Kier molecular flexibility index (Phi) is 2.51.